The highest BCUT2D eigenvalue weighted by Gasteiger charge is 2.05. The Kier molecular flexibility index (Phi) is 3.47. The van der Waals surface area contributed by atoms with E-state index in [2.05, 4.69) is 15.0 Å². The van der Waals surface area contributed by atoms with Crippen molar-refractivity contribution in [2.75, 3.05) is 12.8 Å². The first-order chi connectivity index (χ1) is 9.74. The third-order valence-corrected chi connectivity index (χ3v) is 3.74. The lowest BCUT2D eigenvalue weighted by Crippen LogP contribution is -1.91. The number of aromatic amines is 1. The molecule has 0 aliphatic heterocycles. The third kappa shape index (κ3) is 2.70. The van der Waals surface area contributed by atoms with Crippen LogP contribution in [0.15, 0.2) is 41.6 Å². The SMILES string of the molecule is COc1cccc(CSc2nc3ccc(N)cc3[nH]2)n1. The van der Waals surface area contributed by atoms with Crippen LogP contribution < -0.4 is 10.5 Å². The molecule has 3 aromatic rings. The second kappa shape index (κ2) is 5.42. The molecule has 0 amide bonds. The number of ether oxygens (including phenoxy) is 1. The number of nitrogen functional groups attached to an aromatic ring is 1. The number of rotatable bonds is 4. The summed E-state index contributed by atoms with van der Waals surface area (Å²) in [5, 5.41) is 0.857. The maximum absolute atomic E-state index is 5.75. The number of benzene rings is 1. The predicted octanol–water partition coefficient (Wildman–Crippen LogP) is 2.84. The van der Waals surface area contributed by atoms with E-state index in [1.165, 1.54) is 0 Å². The van der Waals surface area contributed by atoms with Crippen LogP contribution in [0.1, 0.15) is 5.69 Å². The van der Waals surface area contributed by atoms with Crippen LogP contribution in [0, 0.1) is 0 Å². The molecule has 0 atom stereocenters. The van der Waals surface area contributed by atoms with Crippen molar-refractivity contribution in [1.82, 2.24) is 15.0 Å². The Labute approximate surface area is 120 Å². The lowest BCUT2D eigenvalue weighted by Gasteiger charge is -2.01. The number of pyridine rings is 1. The quantitative estimate of drug-likeness (QED) is 0.569. The Hall–Kier alpha value is -2.21. The minimum Gasteiger partial charge on any atom is -0.481 e. The lowest BCUT2D eigenvalue weighted by molar-refractivity contribution is 0.397. The maximum Gasteiger partial charge on any atom is 0.213 e. The monoisotopic (exact) mass is 286 g/mol. The zero-order valence-electron chi connectivity index (χ0n) is 11.0. The molecular formula is C14H14N4OS. The van der Waals surface area contributed by atoms with Crippen molar-refractivity contribution in [3.05, 3.63) is 42.1 Å². The van der Waals surface area contributed by atoms with E-state index in [1.54, 1.807) is 18.9 Å². The molecule has 0 unspecified atom stereocenters. The number of thioether (sulfide) groups is 1. The van der Waals surface area contributed by atoms with Gasteiger partial charge in [0.1, 0.15) is 0 Å². The summed E-state index contributed by atoms with van der Waals surface area (Å²) in [4.78, 5) is 12.1. The number of nitrogens with two attached hydrogens (primary N) is 1. The van der Waals surface area contributed by atoms with Crippen molar-refractivity contribution in [2.45, 2.75) is 10.9 Å². The van der Waals surface area contributed by atoms with E-state index in [-0.39, 0.29) is 0 Å². The van der Waals surface area contributed by atoms with Crippen molar-refractivity contribution >= 4 is 28.5 Å². The van der Waals surface area contributed by atoms with Crippen LogP contribution in [0.4, 0.5) is 5.69 Å². The summed E-state index contributed by atoms with van der Waals surface area (Å²) in [6, 6.07) is 11.4. The fourth-order valence-electron chi connectivity index (χ4n) is 1.87. The molecule has 0 saturated heterocycles. The fraction of sp³-hybridized carbons (Fsp3) is 0.143. The van der Waals surface area contributed by atoms with Gasteiger partial charge in [-0.25, -0.2) is 9.97 Å². The number of nitrogens with one attached hydrogen (secondary N) is 1. The standard InChI is InChI=1S/C14H14N4OS/c1-19-13-4-2-3-10(16-13)8-20-14-17-11-6-5-9(15)7-12(11)18-14/h2-7H,8,15H2,1H3,(H,17,18). The van der Waals surface area contributed by atoms with Gasteiger partial charge in [-0.15, -0.1) is 0 Å². The fourth-order valence-corrected chi connectivity index (χ4v) is 2.66. The molecule has 20 heavy (non-hydrogen) atoms. The molecule has 0 bridgehead atoms. The van der Waals surface area contributed by atoms with Gasteiger partial charge in [-0.05, 0) is 24.3 Å². The summed E-state index contributed by atoms with van der Waals surface area (Å²) in [6.45, 7) is 0. The predicted molar refractivity (Wildman–Crippen MR) is 80.9 cm³/mol. The third-order valence-electron chi connectivity index (χ3n) is 2.83. The van der Waals surface area contributed by atoms with Gasteiger partial charge in [-0.1, -0.05) is 17.8 Å². The molecule has 6 heteroatoms. The number of H-pyrrole nitrogens is 1. The van der Waals surface area contributed by atoms with Gasteiger partial charge in [0.25, 0.3) is 0 Å². The van der Waals surface area contributed by atoms with E-state index in [9.17, 15) is 0 Å². The number of anilines is 1. The number of fused-ring (bicyclic) bond motifs is 1. The molecule has 1 aromatic carbocycles. The van der Waals surface area contributed by atoms with E-state index in [4.69, 9.17) is 10.5 Å². The molecule has 2 aromatic heterocycles. The molecule has 0 aliphatic rings. The van der Waals surface area contributed by atoms with Crippen molar-refractivity contribution in [3.8, 4) is 5.88 Å². The van der Waals surface area contributed by atoms with Gasteiger partial charge in [-0.3, -0.25) is 0 Å². The molecular weight excluding hydrogens is 272 g/mol. The normalized spacial score (nSPS) is 10.8. The molecule has 0 saturated carbocycles. The van der Waals surface area contributed by atoms with E-state index >= 15 is 0 Å². The van der Waals surface area contributed by atoms with Crippen molar-refractivity contribution in [1.29, 1.82) is 0 Å². The van der Waals surface area contributed by atoms with Gasteiger partial charge in [0.15, 0.2) is 5.16 Å². The molecule has 0 spiro atoms. The molecule has 0 radical (unpaired) electrons. The number of methoxy groups -OCH3 is 1. The molecule has 0 fully saturated rings. The molecule has 3 rings (SSSR count). The highest BCUT2D eigenvalue weighted by Crippen LogP contribution is 2.24. The molecule has 102 valence electrons. The van der Waals surface area contributed by atoms with Crippen LogP contribution in [0.2, 0.25) is 0 Å². The summed E-state index contributed by atoms with van der Waals surface area (Å²) in [7, 11) is 1.61. The highest BCUT2D eigenvalue weighted by atomic mass is 32.2. The van der Waals surface area contributed by atoms with Crippen LogP contribution in [0.5, 0.6) is 5.88 Å². The second-order valence-corrected chi connectivity index (χ2v) is 5.24. The lowest BCUT2D eigenvalue weighted by atomic mass is 10.3. The summed E-state index contributed by atoms with van der Waals surface area (Å²) < 4.78 is 5.11. The van der Waals surface area contributed by atoms with Crippen molar-refractivity contribution in [3.63, 3.8) is 0 Å². The maximum atomic E-state index is 5.75. The molecule has 2 heterocycles. The summed E-state index contributed by atoms with van der Waals surface area (Å²) in [5.41, 5.74) is 9.30. The molecule has 5 nitrogen and oxygen atoms in total. The van der Waals surface area contributed by atoms with Gasteiger partial charge in [0, 0.05) is 17.5 Å². The average molecular weight is 286 g/mol. The summed E-state index contributed by atoms with van der Waals surface area (Å²) in [5.74, 6) is 1.35. The van der Waals surface area contributed by atoms with E-state index in [0.29, 0.717) is 5.88 Å². The number of aromatic nitrogens is 3. The Morgan fingerprint density at radius 3 is 3.00 bits per heavy atom. The number of imidazole rings is 1. The smallest absolute Gasteiger partial charge is 0.213 e. The van der Waals surface area contributed by atoms with Crippen LogP contribution >= 0.6 is 11.8 Å². The van der Waals surface area contributed by atoms with Crippen LogP contribution in [0.3, 0.4) is 0 Å². The zero-order chi connectivity index (χ0) is 13.9. The van der Waals surface area contributed by atoms with E-state index in [0.717, 1.165) is 33.3 Å². The number of hydrogen-bond acceptors (Lipinski definition) is 5. The Morgan fingerprint density at radius 1 is 1.25 bits per heavy atom. The number of hydrogen-bond donors (Lipinski definition) is 2. The van der Waals surface area contributed by atoms with Crippen LogP contribution in [-0.4, -0.2) is 22.1 Å². The van der Waals surface area contributed by atoms with Gasteiger partial charge >= 0.3 is 0 Å². The Morgan fingerprint density at radius 2 is 2.15 bits per heavy atom. The molecule has 0 aliphatic carbocycles. The zero-order valence-corrected chi connectivity index (χ0v) is 11.8. The average Bonchev–Trinajstić information content (AvgIpc) is 2.87. The Bertz CT molecular complexity index is 741. The summed E-state index contributed by atoms with van der Waals surface area (Å²) in [6.07, 6.45) is 0. The first-order valence-corrected chi connectivity index (χ1v) is 7.11. The first-order valence-electron chi connectivity index (χ1n) is 6.12. The van der Waals surface area contributed by atoms with Gasteiger partial charge in [0.2, 0.25) is 5.88 Å². The van der Waals surface area contributed by atoms with Gasteiger partial charge < -0.3 is 15.5 Å². The van der Waals surface area contributed by atoms with E-state index < -0.39 is 0 Å². The van der Waals surface area contributed by atoms with Crippen molar-refractivity contribution < 1.29 is 4.74 Å². The van der Waals surface area contributed by atoms with Crippen molar-refractivity contribution in [2.24, 2.45) is 0 Å². The topological polar surface area (TPSA) is 76.8 Å². The Balaban J connectivity index is 1.76. The van der Waals surface area contributed by atoms with Crippen LogP contribution in [-0.2, 0) is 5.75 Å². The van der Waals surface area contributed by atoms with E-state index in [1.807, 2.05) is 36.4 Å². The second-order valence-electron chi connectivity index (χ2n) is 4.28. The highest BCUT2D eigenvalue weighted by molar-refractivity contribution is 7.98. The molecule has 3 N–H and O–H groups in total. The minimum atomic E-state index is 0.625. The van der Waals surface area contributed by atoms with Gasteiger partial charge in [-0.2, -0.15) is 0 Å². The largest absolute Gasteiger partial charge is 0.481 e. The number of nitrogens with zero attached hydrogens (tertiary/aromatic N) is 2. The van der Waals surface area contributed by atoms with Crippen LogP contribution in [0.25, 0.3) is 11.0 Å². The first kappa shape index (κ1) is 12.8. The summed E-state index contributed by atoms with van der Waals surface area (Å²) >= 11 is 1.60. The minimum absolute atomic E-state index is 0.625. The van der Waals surface area contributed by atoms with Gasteiger partial charge in [0.05, 0.1) is 23.8 Å².